The summed E-state index contributed by atoms with van der Waals surface area (Å²) in [6.45, 7) is 9.09. The van der Waals surface area contributed by atoms with Crippen LogP contribution in [0, 0.1) is 5.82 Å². The summed E-state index contributed by atoms with van der Waals surface area (Å²) in [5.74, 6) is 1.80. The van der Waals surface area contributed by atoms with E-state index < -0.39 is 0 Å². The minimum atomic E-state index is -0.382. The largest absolute Gasteiger partial charge is 0.480 e. The monoisotopic (exact) mass is 454 g/mol. The lowest BCUT2D eigenvalue weighted by atomic mass is 9.88. The summed E-state index contributed by atoms with van der Waals surface area (Å²) in [4.78, 5) is 13.8. The Morgan fingerprint density at radius 2 is 1.85 bits per heavy atom. The molecule has 0 amide bonds. The van der Waals surface area contributed by atoms with Crippen molar-refractivity contribution in [2.45, 2.75) is 37.8 Å². The Morgan fingerprint density at radius 1 is 1.06 bits per heavy atom. The number of piperidine rings is 1. The van der Waals surface area contributed by atoms with Crippen molar-refractivity contribution in [2.75, 3.05) is 62.7 Å². The number of benzene rings is 1. The molecule has 176 valence electrons. The van der Waals surface area contributed by atoms with E-state index in [4.69, 9.17) is 9.47 Å². The number of likely N-dealkylation sites (tertiary alicyclic amines) is 1. The molecule has 9 heteroatoms. The highest BCUT2D eigenvalue weighted by molar-refractivity contribution is 5.73. The zero-order valence-electron chi connectivity index (χ0n) is 19.0. The Hall–Kier alpha value is -2.49. The molecule has 6 rings (SSSR count). The van der Waals surface area contributed by atoms with Crippen molar-refractivity contribution in [2.24, 2.45) is 0 Å². The fourth-order valence-corrected chi connectivity index (χ4v) is 5.44. The summed E-state index contributed by atoms with van der Waals surface area (Å²) >= 11 is 0. The lowest BCUT2D eigenvalue weighted by molar-refractivity contribution is 0.113. The Labute approximate surface area is 193 Å². The van der Waals surface area contributed by atoms with Crippen LogP contribution in [-0.4, -0.2) is 73.4 Å². The third kappa shape index (κ3) is 3.92. The van der Waals surface area contributed by atoms with Crippen LogP contribution in [0.25, 0.3) is 0 Å². The lowest BCUT2D eigenvalue weighted by Gasteiger charge is -2.42. The van der Waals surface area contributed by atoms with E-state index in [2.05, 4.69) is 36.5 Å². The molecule has 8 nitrogen and oxygen atoms in total. The van der Waals surface area contributed by atoms with Gasteiger partial charge >= 0.3 is 0 Å². The van der Waals surface area contributed by atoms with Gasteiger partial charge in [-0.05, 0) is 56.5 Å². The Morgan fingerprint density at radius 3 is 2.58 bits per heavy atom. The first-order chi connectivity index (χ1) is 16.2. The molecule has 1 atom stereocenters. The highest BCUT2D eigenvalue weighted by atomic mass is 19.1. The normalized spacial score (nSPS) is 24.2. The first-order valence-corrected chi connectivity index (χ1v) is 12.1. The number of ether oxygens (including phenoxy) is 2. The highest BCUT2D eigenvalue weighted by Gasteiger charge is 2.32. The van der Waals surface area contributed by atoms with E-state index in [-0.39, 0.29) is 17.7 Å². The van der Waals surface area contributed by atoms with Gasteiger partial charge < -0.3 is 25.0 Å². The fourth-order valence-electron chi connectivity index (χ4n) is 5.44. The van der Waals surface area contributed by atoms with Crippen LogP contribution in [0.1, 0.15) is 42.9 Å². The summed E-state index contributed by atoms with van der Waals surface area (Å²) < 4.78 is 27.0. The molecule has 33 heavy (non-hydrogen) atoms. The smallest absolute Gasteiger partial charge is 0.179 e. The average molecular weight is 455 g/mol. The molecule has 4 aliphatic heterocycles. The van der Waals surface area contributed by atoms with Crippen LogP contribution >= 0.6 is 0 Å². The quantitative estimate of drug-likeness (QED) is 0.734. The number of hydrogen-bond donors (Lipinski definition) is 2. The molecular weight excluding hydrogens is 423 g/mol. The second-order valence-corrected chi connectivity index (χ2v) is 9.45. The second-order valence-electron chi connectivity index (χ2n) is 9.45. The van der Waals surface area contributed by atoms with Gasteiger partial charge in [0.05, 0.1) is 24.5 Å². The predicted molar refractivity (Wildman–Crippen MR) is 124 cm³/mol. The van der Waals surface area contributed by atoms with Gasteiger partial charge in [0.15, 0.2) is 11.6 Å². The minimum Gasteiger partial charge on any atom is -0.480 e. The van der Waals surface area contributed by atoms with E-state index in [1.165, 1.54) is 0 Å². The minimum absolute atomic E-state index is 0.259. The molecule has 0 unspecified atom stereocenters. The molecule has 0 bridgehead atoms. The van der Waals surface area contributed by atoms with Gasteiger partial charge in [-0.2, -0.15) is 0 Å². The van der Waals surface area contributed by atoms with Crippen LogP contribution in [-0.2, 0) is 4.74 Å². The summed E-state index contributed by atoms with van der Waals surface area (Å²) in [5.41, 5.74) is 2.54. The number of fused-ring (bicyclic) bond motifs is 2. The summed E-state index contributed by atoms with van der Waals surface area (Å²) in [7, 11) is 0. The second kappa shape index (κ2) is 8.70. The van der Waals surface area contributed by atoms with Crippen LogP contribution < -0.4 is 20.3 Å². The van der Waals surface area contributed by atoms with Crippen molar-refractivity contribution in [3.63, 3.8) is 0 Å². The molecule has 1 aromatic carbocycles. The number of aromatic nitrogens is 2. The van der Waals surface area contributed by atoms with E-state index in [9.17, 15) is 0 Å². The molecule has 5 heterocycles. The Kier molecular flexibility index (Phi) is 5.55. The number of anilines is 3. The zero-order chi connectivity index (χ0) is 22.4. The van der Waals surface area contributed by atoms with Gasteiger partial charge in [-0.25, -0.2) is 14.4 Å². The third-order valence-electron chi connectivity index (χ3n) is 7.47. The summed E-state index contributed by atoms with van der Waals surface area (Å²) in [6, 6.07) is 4.40. The summed E-state index contributed by atoms with van der Waals surface area (Å²) in [6.07, 6.45) is 3.28. The van der Waals surface area contributed by atoms with E-state index in [0.29, 0.717) is 36.7 Å². The average Bonchev–Trinajstić information content (AvgIpc) is 2.95. The van der Waals surface area contributed by atoms with Crippen LogP contribution in [0.4, 0.5) is 21.7 Å². The molecule has 0 saturated carbocycles. The predicted octanol–water partition coefficient (Wildman–Crippen LogP) is 2.80. The molecule has 0 aliphatic carbocycles. The Balaban J connectivity index is 1.28. The van der Waals surface area contributed by atoms with Crippen molar-refractivity contribution < 1.29 is 13.9 Å². The molecule has 2 aromatic rings. The van der Waals surface area contributed by atoms with Gasteiger partial charge in [-0.1, -0.05) is 0 Å². The van der Waals surface area contributed by atoms with Gasteiger partial charge in [0.25, 0.3) is 0 Å². The molecule has 1 aromatic heterocycles. The first-order valence-electron chi connectivity index (χ1n) is 12.1. The number of halogens is 1. The van der Waals surface area contributed by atoms with E-state index in [1.807, 2.05) is 6.92 Å². The summed E-state index contributed by atoms with van der Waals surface area (Å²) in [5, 5.41) is 6.74. The molecule has 0 radical (unpaired) electrons. The number of morpholine rings is 1. The molecule has 0 spiro atoms. The van der Waals surface area contributed by atoms with Crippen LogP contribution in [0.5, 0.6) is 5.75 Å². The SMILES string of the molecule is C[C@@H]1Oc2c(F)cc(C3CCN(C4CNC4)CC3)cc2Nc2ncnc(N3CCOCC3)c21. The van der Waals surface area contributed by atoms with Crippen molar-refractivity contribution in [1.82, 2.24) is 20.2 Å². The zero-order valence-corrected chi connectivity index (χ0v) is 19.0. The van der Waals surface area contributed by atoms with Crippen LogP contribution in [0.3, 0.4) is 0 Å². The van der Waals surface area contributed by atoms with Crippen molar-refractivity contribution in [3.8, 4) is 5.75 Å². The van der Waals surface area contributed by atoms with Gasteiger partial charge in [0.1, 0.15) is 24.1 Å². The first kappa shape index (κ1) is 21.1. The van der Waals surface area contributed by atoms with Gasteiger partial charge in [-0.15, -0.1) is 0 Å². The van der Waals surface area contributed by atoms with E-state index in [1.54, 1.807) is 12.4 Å². The fraction of sp³-hybridized carbons (Fsp3) is 0.583. The number of nitrogens with zero attached hydrogens (tertiary/aromatic N) is 4. The molecule has 2 N–H and O–H groups in total. The third-order valence-corrected chi connectivity index (χ3v) is 7.47. The van der Waals surface area contributed by atoms with E-state index in [0.717, 1.165) is 69.1 Å². The van der Waals surface area contributed by atoms with Gasteiger partial charge in [0, 0.05) is 32.2 Å². The van der Waals surface area contributed by atoms with E-state index >= 15 is 4.39 Å². The van der Waals surface area contributed by atoms with Crippen LogP contribution in [0.2, 0.25) is 0 Å². The lowest BCUT2D eigenvalue weighted by Crippen LogP contribution is -2.58. The van der Waals surface area contributed by atoms with Crippen molar-refractivity contribution in [3.05, 3.63) is 35.4 Å². The number of hydrogen-bond acceptors (Lipinski definition) is 8. The Bertz CT molecular complexity index is 1020. The number of rotatable bonds is 3. The maximum absolute atomic E-state index is 15.3. The van der Waals surface area contributed by atoms with Gasteiger partial charge in [-0.3, -0.25) is 4.90 Å². The highest BCUT2D eigenvalue weighted by Crippen LogP contribution is 2.44. The molecule has 3 saturated heterocycles. The standard InChI is InChI=1S/C24H31FN6O2/c1-15-21-23(27-14-28-24(21)31-6-8-32-9-7-31)29-20-11-17(10-19(25)22(20)33-15)16-2-4-30(5-3-16)18-12-26-13-18/h10-11,14-16,18,26H,2-9,12-13H2,1H3,(H,27,28,29)/t15-/m0/s1. The topological polar surface area (TPSA) is 74.8 Å². The maximum Gasteiger partial charge on any atom is 0.179 e. The van der Waals surface area contributed by atoms with Crippen molar-refractivity contribution in [1.29, 1.82) is 0 Å². The van der Waals surface area contributed by atoms with Gasteiger partial charge in [0.2, 0.25) is 0 Å². The van der Waals surface area contributed by atoms with Crippen LogP contribution in [0.15, 0.2) is 18.5 Å². The molecular formula is C24H31FN6O2. The number of nitrogens with one attached hydrogen (secondary N) is 2. The maximum atomic E-state index is 15.3. The van der Waals surface area contributed by atoms with Crippen molar-refractivity contribution >= 4 is 17.3 Å². The molecule has 3 fully saturated rings. The molecule has 4 aliphatic rings.